The lowest BCUT2D eigenvalue weighted by atomic mass is 10.0. The first kappa shape index (κ1) is 17.9. The Kier molecular flexibility index (Phi) is 5.40. The van der Waals surface area contributed by atoms with E-state index in [4.69, 9.17) is 5.73 Å². The molecule has 120 valence electrons. The van der Waals surface area contributed by atoms with Gasteiger partial charge in [0.05, 0.1) is 15.5 Å². The van der Waals surface area contributed by atoms with E-state index in [0.717, 1.165) is 12.5 Å². The van der Waals surface area contributed by atoms with Crippen LogP contribution in [0.2, 0.25) is 0 Å². The van der Waals surface area contributed by atoms with Gasteiger partial charge in [0.25, 0.3) is 0 Å². The van der Waals surface area contributed by atoms with Crippen LogP contribution in [-0.2, 0) is 19.7 Å². The van der Waals surface area contributed by atoms with Crippen LogP contribution in [0.15, 0.2) is 28.0 Å². The van der Waals surface area contributed by atoms with Crippen molar-refractivity contribution in [3.63, 3.8) is 0 Å². The van der Waals surface area contributed by atoms with Crippen LogP contribution in [0.3, 0.4) is 0 Å². The molecule has 0 heterocycles. The molecule has 8 heteroatoms. The molecular formula is C13H22N2O4S2. The number of nitrogens with one attached hydrogen (secondary N) is 1. The first-order valence-corrected chi connectivity index (χ1v) is 10.3. The summed E-state index contributed by atoms with van der Waals surface area (Å²) in [4.78, 5) is -0.0631. The summed E-state index contributed by atoms with van der Waals surface area (Å²) >= 11 is 0. The number of sulfone groups is 2. The van der Waals surface area contributed by atoms with Gasteiger partial charge in [0, 0.05) is 25.1 Å². The zero-order valence-electron chi connectivity index (χ0n) is 12.6. The third kappa shape index (κ3) is 4.69. The SMILES string of the molecule is CC(C)C(CN)Nc1ccc(S(C)(=O)=O)cc1S(C)(=O)=O. The molecule has 1 rings (SSSR count). The minimum atomic E-state index is -3.56. The minimum Gasteiger partial charge on any atom is -0.380 e. The maximum Gasteiger partial charge on any atom is 0.177 e. The van der Waals surface area contributed by atoms with E-state index in [-0.39, 0.29) is 21.8 Å². The van der Waals surface area contributed by atoms with Crippen LogP contribution in [0, 0.1) is 5.92 Å². The van der Waals surface area contributed by atoms with E-state index in [1.807, 2.05) is 13.8 Å². The average Bonchev–Trinajstić information content (AvgIpc) is 2.33. The van der Waals surface area contributed by atoms with E-state index in [1.165, 1.54) is 18.2 Å². The van der Waals surface area contributed by atoms with Gasteiger partial charge in [0.1, 0.15) is 0 Å². The molecule has 6 nitrogen and oxygen atoms in total. The topological polar surface area (TPSA) is 106 Å². The van der Waals surface area contributed by atoms with E-state index in [9.17, 15) is 16.8 Å². The molecule has 21 heavy (non-hydrogen) atoms. The second kappa shape index (κ2) is 6.33. The molecule has 0 aliphatic heterocycles. The Hall–Kier alpha value is -1.12. The van der Waals surface area contributed by atoms with Crippen LogP contribution < -0.4 is 11.1 Å². The maximum atomic E-state index is 11.9. The molecule has 0 aliphatic rings. The van der Waals surface area contributed by atoms with Crippen molar-refractivity contribution in [1.82, 2.24) is 0 Å². The second-order valence-electron chi connectivity index (χ2n) is 5.43. The Bertz CT molecular complexity index is 710. The van der Waals surface area contributed by atoms with Gasteiger partial charge in [-0.05, 0) is 24.1 Å². The molecule has 0 spiro atoms. The first-order chi connectivity index (χ1) is 9.46. The van der Waals surface area contributed by atoms with E-state index in [0.29, 0.717) is 12.2 Å². The van der Waals surface area contributed by atoms with Gasteiger partial charge in [-0.15, -0.1) is 0 Å². The lowest BCUT2D eigenvalue weighted by Crippen LogP contribution is -2.34. The minimum absolute atomic E-state index is 0.0256. The molecule has 1 atom stereocenters. The van der Waals surface area contributed by atoms with Crippen molar-refractivity contribution in [2.45, 2.75) is 29.7 Å². The quantitative estimate of drug-likeness (QED) is 0.800. The normalized spacial score (nSPS) is 14.2. The third-order valence-corrected chi connectivity index (χ3v) is 5.43. The number of rotatable bonds is 6. The van der Waals surface area contributed by atoms with Crippen molar-refractivity contribution in [2.24, 2.45) is 11.7 Å². The highest BCUT2D eigenvalue weighted by Gasteiger charge is 2.20. The Morgan fingerprint density at radius 3 is 2.05 bits per heavy atom. The van der Waals surface area contributed by atoms with Gasteiger partial charge >= 0.3 is 0 Å². The fourth-order valence-electron chi connectivity index (χ4n) is 1.86. The van der Waals surface area contributed by atoms with Crippen LogP contribution in [0.4, 0.5) is 5.69 Å². The third-order valence-electron chi connectivity index (χ3n) is 3.18. The molecule has 1 aromatic rings. The monoisotopic (exact) mass is 334 g/mol. The Morgan fingerprint density at radius 1 is 1.10 bits per heavy atom. The van der Waals surface area contributed by atoms with Gasteiger partial charge in [-0.25, -0.2) is 16.8 Å². The van der Waals surface area contributed by atoms with Crippen molar-refractivity contribution >= 4 is 25.4 Å². The molecular weight excluding hydrogens is 312 g/mol. The molecule has 0 fully saturated rings. The Morgan fingerprint density at radius 2 is 1.67 bits per heavy atom. The van der Waals surface area contributed by atoms with Gasteiger partial charge in [0.15, 0.2) is 19.7 Å². The predicted molar refractivity (Wildman–Crippen MR) is 84.0 cm³/mol. The molecule has 1 aromatic carbocycles. The largest absolute Gasteiger partial charge is 0.380 e. The summed E-state index contributed by atoms with van der Waals surface area (Å²) in [5.74, 6) is 0.206. The molecule has 0 saturated carbocycles. The van der Waals surface area contributed by atoms with E-state index < -0.39 is 19.7 Å². The van der Waals surface area contributed by atoms with Gasteiger partial charge in [-0.3, -0.25) is 0 Å². The Balaban J connectivity index is 3.40. The summed E-state index contributed by atoms with van der Waals surface area (Å²) in [5, 5.41) is 3.08. The fourth-order valence-corrected chi connectivity index (χ4v) is 3.45. The van der Waals surface area contributed by atoms with Crippen LogP contribution in [-0.4, -0.2) is 41.9 Å². The average molecular weight is 334 g/mol. The van der Waals surface area contributed by atoms with Gasteiger partial charge in [-0.2, -0.15) is 0 Å². The summed E-state index contributed by atoms with van der Waals surface area (Å²) in [7, 11) is -7.03. The zero-order chi connectivity index (χ0) is 16.4. The number of benzene rings is 1. The van der Waals surface area contributed by atoms with Crippen molar-refractivity contribution in [1.29, 1.82) is 0 Å². The van der Waals surface area contributed by atoms with Crippen LogP contribution in [0.1, 0.15) is 13.8 Å². The Labute approximate surface area is 126 Å². The van der Waals surface area contributed by atoms with Crippen molar-refractivity contribution < 1.29 is 16.8 Å². The summed E-state index contributed by atoms with van der Waals surface area (Å²) in [6.07, 6.45) is 2.09. The maximum absolute atomic E-state index is 11.9. The smallest absolute Gasteiger partial charge is 0.177 e. The zero-order valence-corrected chi connectivity index (χ0v) is 14.3. The standard InChI is InChI=1S/C13H22N2O4S2/c1-9(2)12(8-14)15-11-6-5-10(20(3,16)17)7-13(11)21(4,18)19/h5-7,9,12,15H,8,14H2,1-4H3. The summed E-state index contributed by atoms with van der Waals surface area (Å²) in [6.45, 7) is 4.28. The lowest BCUT2D eigenvalue weighted by Gasteiger charge is -2.23. The van der Waals surface area contributed by atoms with E-state index in [1.54, 1.807) is 0 Å². The van der Waals surface area contributed by atoms with E-state index >= 15 is 0 Å². The number of nitrogens with two attached hydrogens (primary N) is 1. The molecule has 3 N–H and O–H groups in total. The second-order valence-corrected chi connectivity index (χ2v) is 9.43. The molecule has 0 amide bonds. The molecule has 0 aromatic heterocycles. The highest BCUT2D eigenvalue weighted by atomic mass is 32.2. The molecule has 0 bridgehead atoms. The predicted octanol–water partition coefficient (Wildman–Crippen LogP) is 0.889. The molecule has 0 saturated heterocycles. The number of anilines is 1. The van der Waals surface area contributed by atoms with Crippen LogP contribution >= 0.6 is 0 Å². The number of hydrogen-bond donors (Lipinski definition) is 2. The molecule has 0 radical (unpaired) electrons. The fraction of sp³-hybridized carbons (Fsp3) is 0.538. The van der Waals surface area contributed by atoms with Crippen LogP contribution in [0.5, 0.6) is 0 Å². The van der Waals surface area contributed by atoms with Gasteiger partial charge in [0.2, 0.25) is 0 Å². The number of hydrogen-bond acceptors (Lipinski definition) is 6. The summed E-state index contributed by atoms with van der Waals surface area (Å²) in [5.41, 5.74) is 6.04. The summed E-state index contributed by atoms with van der Waals surface area (Å²) < 4.78 is 47.0. The van der Waals surface area contributed by atoms with Gasteiger partial charge in [-0.1, -0.05) is 13.8 Å². The molecule has 1 unspecified atom stereocenters. The van der Waals surface area contributed by atoms with Crippen molar-refractivity contribution in [2.75, 3.05) is 24.4 Å². The van der Waals surface area contributed by atoms with Crippen molar-refractivity contribution in [3.05, 3.63) is 18.2 Å². The van der Waals surface area contributed by atoms with Crippen LogP contribution in [0.25, 0.3) is 0 Å². The first-order valence-electron chi connectivity index (χ1n) is 6.47. The van der Waals surface area contributed by atoms with Crippen molar-refractivity contribution in [3.8, 4) is 0 Å². The molecule has 0 aliphatic carbocycles. The summed E-state index contributed by atoms with van der Waals surface area (Å²) in [6, 6.07) is 3.94. The highest BCUT2D eigenvalue weighted by Crippen LogP contribution is 2.26. The lowest BCUT2D eigenvalue weighted by molar-refractivity contribution is 0.530. The van der Waals surface area contributed by atoms with Gasteiger partial charge < -0.3 is 11.1 Å². The van der Waals surface area contributed by atoms with E-state index in [2.05, 4.69) is 5.32 Å². The highest BCUT2D eigenvalue weighted by molar-refractivity contribution is 7.91.